The minimum Gasteiger partial charge on any atom is -0.453 e. The van der Waals surface area contributed by atoms with Gasteiger partial charge in [0.25, 0.3) is 0 Å². The van der Waals surface area contributed by atoms with E-state index in [0.29, 0.717) is 22.9 Å². The molecule has 4 aromatic rings. The number of aromatic nitrogens is 2. The third kappa shape index (κ3) is 5.16. The molecule has 0 atom stereocenters. The lowest BCUT2D eigenvalue weighted by atomic mass is 10.1. The Hall–Kier alpha value is -4.39. The van der Waals surface area contributed by atoms with Crippen LogP contribution in [0.25, 0.3) is 11.1 Å². The molecular weight excluding hydrogens is 390 g/mol. The number of hydrogen-bond donors (Lipinski definition) is 3. The van der Waals surface area contributed by atoms with E-state index in [1.54, 1.807) is 42.9 Å². The van der Waals surface area contributed by atoms with Gasteiger partial charge in [-0.2, -0.15) is 0 Å². The molecular formula is C24H21N5O2. The minimum absolute atomic E-state index is 0.267. The number of hydrogen-bond acceptors (Lipinski definition) is 5. The molecule has 0 unspecified atom stereocenters. The number of aryl methyl sites for hydroxylation is 1. The summed E-state index contributed by atoms with van der Waals surface area (Å²) >= 11 is 0. The van der Waals surface area contributed by atoms with E-state index < -0.39 is 0 Å². The SMILES string of the molecule is Cc1ccc(NC(=O)Nc2cccc(Oc3cc(-c4cccnc4)cnc3N)c2)cc1. The van der Waals surface area contributed by atoms with Crippen LogP contribution >= 0.6 is 0 Å². The number of ether oxygens (including phenoxy) is 1. The maximum atomic E-state index is 12.3. The van der Waals surface area contributed by atoms with E-state index in [1.165, 1.54) is 0 Å². The molecule has 0 fully saturated rings. The molecule has 0 aliphatic heterocycles. The highest BCUT2D eigenvalue weighted by molar-refractivity contribution is 5.99. The summed E-state index contributed by atoms with van der Waals surface area (Å²) in [5, 5.41) is 5.59. The topological polar surface area (TPSA) is 102 Å². The Morgan fingerprint density at radius 2 is 1.71 bits per heavy atom. The van der Waals surface area contributed by atoms with E-state index in [1.807, 2.05) is 49.4 Å². The van der Waals surface area contributed by atoms with Crippen molar-refractivity contribution in [2.45, 2.75) is 6.92 Å². The molecule has 0 bridgehead atoms. The Bertz CT molecular complexity index is 1190. The quantitative estimate of drug-likeness (QED) is 0.404. The number of rotatable bonds is 5. The fourth-order valence-electron chi connectivity index (χ4n) is 2.92. The predicted molar refractivity (Wildman–Crippen MR) is 122 cm³/mol. The van der Waals surface area contributed by atoms with Crippen molar-refractivity contribution in [1.29, 1.82) is 0 Å². The van der Waals surface area contributed by atoms with Crippen molar-refractivity contribution in [3.8, 4) is 22.6 Å². The first kappa shape index (κ1) is 19.9. The van der Waals surface area contributed by atoms with E-state index in [2.05, 4.69) is 20.6 Å². The number of carbonyl (C=O) groups excluding carboxylic acids is 1. The Balaban J connectivity index is 1.47. The molecule has 0 saturated carbocycles. The lowest BCUT2D eigenvalue weighted by molar-refractivity contribution is 0.262. The van der Waals surface area contributed by atoms with Crippen LogP contribution in [-0.2, 0) is 0 Å². The van der Waals surface area contributed by atoms with E-state index in [9.17, 15) is 4.79 Å². The summed E-state index contributed by atoms with van der Waals surface area (Å²) in [6, 6.07) is 19.8. The van der Waals surface area contributed by atoms with Gasteiger partial charge in [-0.15, -0.1) is 0 Å². The largest absolute Gasteiger partial charge is 0.453 e. The summed E-state index contributed by atoms with van der Waals surface area (Å²) in [6.45, 7) is 1.99. The smallest absolute Gasteiger partial charge is 0.323 e. The molecule has 0 spiro atoms. The monoisotopic (exact) mass is 411 g/mol. The highest BCUT2D eigenvalue weighted by atomic mass is 16.5. The van der Waals surface area contributed by atoms with Crippen molar-refractivity contribution in [2.75, 3.05) is 16.4 Å². The zero-order valence-electron chi connectivity index (χ0n) is 16.9. The molecule has 4 N–H and O–H groups in total. The average molecular weight is 411 g/mol. The second-order valence-electron chi connectivity index (χ2n) is 6.92. The number of urea groups is 1. The molecule has 2 amide bonds. The maximum absolute atomic E-state index is 12.3. The van der Waals surface area contributed by atoms with Crippen LogP contribution in [0.4, 0.5) is 22.0 Å². The number of pyridine rings is 2. The molecule has 0 saturated heterocycles. The number of nitrogens with two attached hydrogens (primary N) is 1. The molecule has 2 aromatic heterocycles. The van der Waals surface area contributed by atoms with Crippen molar-refractivity contribution >= 4 is 23.2 Å². The summed E-state index contributed by atoms with van der Waals surface area (Å²) in [7, 11) is 0. The van der Waals surface area contributed by atoms with Crippen molar-refractivity contribution < 1.29 is 9.53 Å². The van der Waals surface area contributed by atoms with Gasteiger partial charge in [-0.1, -0.05) is 29.8 Å². The fraction of sp³-hybridized carbons (Fsp3) is 0.0417. The standard InChI is InChI=1S/C24H21N5O2/c1-16-7-9-19(10-8-16)28-24(30)29-20-5-2-6-21(13-20)31-22-12-18(15-27-23(22)25)17-4-3-11-26-14-17/h2-15H,1H3,(H2,25,27)(H2,28,29,30). The molecule has 154 valence electrons. The van der Waals surface area contributed by atoms with Crippen LogP contribution < -0.4 is 21.1 Å². The first-order chi connectivity index (χ1) is 15.1. The Labute approximate surface area is 179 Å². The number of anilines is 3. The van der Waals surface area contributed by atoms with Crippen LogP contribution in [0.2, 0.25) is 0 Å². The summed E-state index contributed by atoms with van der Waals surface area (Å²) in [5.74, 6) is 1.20. The Morgan fingerprint density at radius 3 is 2.48 bits per heavy atom. The van der Waals surface area contributed by atoms with Gasteiger partial charge in [-0.3, -0.25) is 4.98 Å². The minimum atomic E-state index is -0.347. The number of nitrogens with one attached hydrogen (secondary N) is 2. The fourth-order valence-corrected chi connectivity index (χ4v) is 2.92. The Morgan fingerprint density at radius 1 is 0.903 bits per heavy atom. The first-order valence-electron chi connectivity index (χ1n) is 9.65. The third-order valence-electron chi connectivity index (χ3n) is 4.51. The normalized spacial score (nSPS) is 10.4. The number of amides is 2. The van der Waals surface area contributed by atoms with Gasteiger partial charge in [-0.05, 0) is 43.3 Å². The predicted octanol–water partition coefficient (Wildman–Crippen LogP) is 5.47. The molecule has 0 aliphatic rings. The highest BCUT2D eigenvalue weighted by Gasteiger charge is 2.09. The molecule has 31 heavy (non-hydrogen) atoms. The third-order valence-corrected chi connectivity index (χ3v) is 4.51. The number of carbonyl (C=O) groups is 1. The number of benzene rings is 2. The lowest BCUT2D eigenvalue weighted by Crippen LogP contribution is -2.19. The van der Waals surface area contributed by atoms with Crippen LogP contribution in [-0.4, -0.2) is 16.0 Å². The lowest BCUT2D eigenvalue weighted by Gasteiger charge is -2.12. The van der Waals surface area contributed by atoms with Crippen molar-refractivity contribution in [3.63, 3.8) is 0 Å². The van der Waals surface area contributed by atoms with Gasteiger partial charge < -0.3 is 21.1 Å². The molecule has 2 heterocycles. The van der Waals surface area contributed by atoms with E-state index in [0.717, 1.165) is 16.7 Å². The van der Waals surface area contributed by atoms with Gasteiger partial charge in [0.05, 0.1) is 0 Å². The van der Waals surface area contributed by atoms with E-state index in [4.69, 9.17) is 10.5 Å². The van der Waals surface area contributed by atoms with Crippen LogP contribution in [0.15, 0.2) is 85.3 Å². The van der Waals surface area contributed by atoms with Crippen LogP contribution in [0.3, 0.4) is 0 Å². The average Bonchev–Trinajstić information content (AvgIpc) is 2.78. The van der Waals surface area contributed by atoms with Crippen LogP contribution in [0, 0.1) is 6.92 Å². The van der Waals surface area contributed by atoms with Gasteiger partial charge in [0.1, 0.15) is 5.75 Å². The van der Waals surface area contributed by atoms with Gasteiger partial charge in [-0.25, -0.2) is 9.78 Å². The van der Waals surface area contributed by atoms with E-state index >= 15 is 0 Å². The molecule has 4 rings (SSSR count). The van der Waals surface area contributed by atoms with Crippen molar-refractivity contribution in [3.05, 3.63) is 90.9 Å². The molecule has 2 aromatic carbocycles. The summed E-state index contributed by atoms with van der Waals surface area (Å²) in [5.41, 5.74) is 10.2. The maximum Gasteiger partial charge on any atom is 0.323 e. The molecule has 7 nitrogen and oxygen atoms in total. The summed E-state index contributed by atoms with van der Waals surface area (Å²) in [6.07, 6.45) is 5.12. The number of nitrogen functional groups attached to an aromatic ring is 1. The van der Waals surface area contributed by atoms with Crippen LogP contribution in [0.5, 0.6) is 11.5 Å². The van der Waals surface area contributed by atoms with Gasteiger partial charge in [0, 0.05) is 47.2 Å². The van der Waals surface area contributed by atoms with E-state index in [-0.39, 0.29) is 11.8 Å². The van der Waals surface area contributed by atoms with Crippen molar-refractivity contribution in [2.24, 2.45) is 0 Å². The van der Waals surface area contributed by atoms with Crippen LogP contribution in [0.1, 0.15) is 5.56 Å². The second-order valence-corrected chi connectivity index (χ2v) is 6.92. The zero-order chi connectivity index (χ0) is 21.6. The summed E-state index contributed by atoms with van der Waals surface area (Å²) < 4.78 is 5.95. The Kier molecular flexibility index (Phi) is 5.75. The molecule has 0 aliphatic carbocycles. The summed E-state index contributed by atoms with van der Waals surface area (Å²) in [4.78, 5) is 20.6. The number of nitrogens with zero attached hydrogens (tertiary/aromatic N) is 2. The van der Waals surface area contributed by atoms with Gasteiger partial charge >= 0.3 is 6.03 Å². The van der Waals surface area contributed by atoms with Crippen molar-refractivity contribution in [1.82, 2.24) is 9.97 Å². The van der Waals surface area contributed by atoms with Gasteiger partial charge in [0.2, 0.25) is 0 Å². The first-order valence-corrected chi connectivity index (χ1v) is 9.65. The molecule has 0 radical (unpaired) electrons. The zero-order valence-corrected chi connectivity index (χ0v) is 16.9. The highest BCUT2D eigenvalue weighted by Crippen LogP contribution is 2.31. The molecule has 7 heteroatoms. The second kappa shape index (κ2) is 8.96. The van der Waals surface area contributed by atoms with Gasteiger partial charge in [0.15, 0.2) is 11.6 Å².